The van der Waals surface area contributed by atoms with E-state index in [0.29, 0.717) is 24.1 Å². The molecule has 2 aliphatic rings. The summed E-state index contributed by atoms with van der Waals surface area (Å²) in [5, 5.41) is 7.52. The Morgan fingerprint density at radius 1 is 1.29 bits per heavy atom. The summed E-state index contributed by atoms with van der Waals surface area (Å²) in [6, 6.07) is 5.08. The number of carbonyl (C=O) groups excluding carboxylic acids is 1. The summed E-state index contributed by atoms with van der Waals surface area (Å²) in [6.07, 6.45) is 4.89. The fourth-order valence-corrected chi connectivity index (χ4v) is 4.58. The lowest BCUT2D eigenvalue weighted by atomic mass is 9.98. The zero-order valence-corrected chi connectivity index (χ0v) is 17.0. The van der Waals surface area contributed by atoms with Crippen LogP contribution in [0.5, 0.6) is 0 Å². The quantitative estimate of drug-likeness (QED) is 0.844. The van der Waals surface area contributed by atoms with Crippen LogP contribution in [0.1, 0.15) is 49.5 Å². The molecule has 2 bridgehead atoms. The molecule has 152 valence electrons. The maximum atomic E-state index is 13.7. The minimum Gasteiger partial charge on any atom is -0.348 e. The molecule has 1 aromatic carbocycles. The SMILES string of the molecule is CCCn1nc(C(=O)N[C@H]2C[C@H]3CC[C@@H](C2)N3C)c(=O)c2cc(F)ccc21.Cl. The summed E-state index contributed by atoms with van der Waals surface area (Å²) in [7, 11) is 2.14. The van der Waals surface area contributed by atoms with Crippen molar-refractivity contribution < 1.29 is 9.18 Å². The molecule has 4 rings (SSSR count). The number of hydrogen-bond donors (Lipinski definition) is 1. The van der Waals surface area contributed by atoms with Crippen molar-refractivity contribution in [2.75, 3.05) is 7.05 Å². The van der Waals surface area contributed by atoms with Gasteiger partial charge in [0, 0.05) is 24.7 Å². The number of carbonyl (C=O) groups is 1. The Hall–Kier alpha value is -1.99. The van der Waals surface area contributed by atoms with E-state index in [1.165, 1.54) is 12.1 Å². The van der Waals surface area contributed by atoms with Crippen LogP contribution >= 0.6 is 12.4 Å². The molecule has 1 amide bonds. The number of nitrogens with zero attached hydrogens (tertiary/aromatic N) is 3. The highest BCUT2D eigenvalue weighted by Crippen LogP contribution is 2.34. The molecule has 3 atom stereocenters. The predicted molar refractivity (Wildman–Crippen MR) is 109 cm³/mol. The van der Waals surface area contributed by atoms with Gasteiger partial charge < -0.3 is 10.2 Å². The molecule has 0 radical (unpaired) electrons. The Kier molecular flexibility index (Phi) is 6.05. The van der Waals surface area contributed by atoms with E-state index >= 15 is 0 Å². The molecule has 1 aromatic heterocycles. The van der Waals surface area contributed by atoms with Crippen LogP contribution in [0, 0.1) is 5.82 Å². The topological polar surface area (TPSA) is 67.2 Å². The smallest absolute Gasteiger partial charge is 0.276 e. The van der Waals surface area contributed by atoms with Gasteiger partial charge in [0.1, 0.15) is 5.82 Å². The highest BCUT2D eigenvalue weighted by atomic mass is 35.5. The molecule has 1 N–H and O–H groups in total. The number of benzene rings is 1. The average molecular weight is 409 g/mol. The summed E-state index contributed by atoms with van der Waals surface area (Å²) >= 11 is 0. The van der Waals surface area contributed by atoms with Gasteiger partial charge in [0.05, 0.1) is 10.9 Å². The van der Waals surface area contributed by atoms with Gasteiger partial charge in [-0.3, -0.25) is 14.3 Å². The Morgan fingerprint density at radius 3 is 2.61 bits per heavy atom. The van der Waals surface area contributed by atoms with Crippen molar-refractivity contribution in [1.29, 1.82) is 0 Å². The van der Waals surface area contributed by atoms with E-state index < -0.39 is 17.2 Å². The molecule has 8 heteroatoms. The van der Waals surface area contributed by atoms with Gasteiger partial charge in [-0.05, 0) is 57.4 Å². The number of aromatic nitrogens is 2. The average Bonchev–Trinajstić information content (AvgIpc) is 2.85. The Bertz CT molecular complexity index is 934. The first-order valence-corrected chi connectivity index (χ1v) is 9.71. The standard InChI is InChI=1S/C20H25FN4O2.ClH/c1-3-8-25-17-7-4-12(21)9-16(17)19(26)18(23-25)20(27)22-13-10-14-5-6-15(11-13)24(14)2;/h4,7,9,13-15H,3,5-6,8,10-11H2,1-2H3,(H,22,27);1H/t13-,14+,15-;. The monoisotopic (exact) mass is 408 g/mol. The summed E-state index contributed by atoms with van der Waals surface area (Å²) in [4.78, 5) is 28.0. The molecular weight excluding hydrogens is 383 g/mol. The van der Waals surface area contributed by atoms with Crippen molar-refractivity contribution in [1.82, 2.24) is 20.0 Å². The van der Waals surface area contributed by atoms with E-state index in [1.807, 2.05) is 6.92 Å². The third-order valence-electron chi connectivity index (χ3n) is 6.00. The second kappa shape index (κ2) is 8.17. The van der Waals surface area contributed by atoms with Crippen LogP contribution in [0.25, 0.3) is 10.9 Å². The van der Waals surface area contributed by atoms with Crippen LogP contribution in [0.2, 0.25) is 0 Å². The number of aryl methyl sites for hydroxylation is 1. The van der Waals surface area contributed by atoms with Crippen molar-refractivity contribution in [3.8, 4) is 0 Å². The van der Waals surface area contributed by atoms with Gasteiger partial charge in [-0.1, -0.05) is 6.92 Å². The molecular formula is C20H26ClFN4O2. The molecule has 2 aliphatic heterocycles. The fourth-order valence-electron chi connectivity index (χ4n) is 4.58. The Balaban J connectivity index is 0.00000225. The first-order chi connectivity index (χ1) is 13.0. The molecule has 0 spiro atoms. The maximum absolute atomic E-state index is 13.7. The normalized spacial score (nSPS) is 24.2. The summed E-state index contributed by atoms with van der Waals surface area (Å²) < 4.78 is 15.3. The van der Waals surface area contributed by atoms with Gasteiger partial charge in [0.15, 0.2) is 5.69 Å². The number of halogens is 2. The Labute approximate surface area is 169 Å². The van der Waals surface area contributed by atoms with E-state index in [9.17, 15) is 14.0 Å². The second-order valence-electron chi connectivity index (χ2n) is 7.75. The minimum absolute atomic E-state index is 0. The van der Waals surface area contributed by atoms with Gasteiger partial charge in [0.25, 0.3) is 5.91 Å². The van der Waals surface area contributed by atoms with Crippen molar-refractivity contribution in [2.24, 2.45) is 0 Å². The first kappa shape index (κ1) is 20.7. The third-order valence-corrected chi connectivity index (χ3v) is 6.00. The molecule has 3 heterocycles. The minimum atomic E-state index is -0.509. The third kappa shape index (κ3) is 3.65. The highest BCUT2D eigenvalue weighted by Gasteiger charge is 2.39. The lowest BCUT2D eigenvalue weighted by molar-refractivity contribution is 0.0874. The summed E-state index contributed by atoms with van der Waals surface area (Å²) in [5.41, 5.74) is -0.102. The number of hydrogen-bond acceptors (Lipinski definition) is 4. The molecule has 2 fully saturated rings. The van der Waals surface area contributed by atoms with Crippen LogP contribution in [-0.2, 0) is 6.54 Å². The summed E-state index contributed by atoms with van der Waals surface area (Å²) in [6.45, 7) is 2.55. The molecule has 2 aromatic rings. The van der Waals surface area contributed by atoms with Crippen LogP contribution in [0.3, 0.4) is 0 Å². The van der Waals surface area contributed by atoms with Crippen molar-refractivity contribution >= 4 is 29.2 Å². The molecule has 0 unspecified atom stereocenters. The number of piperidine rings is 1. The van der Waals surface area contributed by atoms with Crippen molar-refractivity contribution in [3.63, 3.8) is 0 Å². The number of rotatable bonds is 4. The van der Waals surface area contributed by atoms with E-state index in [-0.39, 0.29) is 29.5 Å². The number of nitrogens with one attached hydrogen (secondary N) is 1. The molecule has 6 nitrogen and oxygen atoms in total. The van der Waals surface area contributed by atoms with Gasteiger partial charge in [0.2, 0.25) is 5.43 Å². The van der Waals surface area contributed by atoms with Gasteiger partial charge in [-0.25, -0.2) is 4.39 Å². The van der Waals surface area contributed by atoms with Crippen molar-refractivity contribution in [2.45, 2.75) is 63.7 Å². The van der Waals surface area contributed by atoms with Crippen LogP contribution in [0.4, 0.5) is 4.39 Å². The largest absolute Gasteiger partial charge is 0.348 e. The fraction of sp³-hybridized carbons (Fsp3) is 0.550. The Morgan fingerprint density at radius 2 is 1.96 bits per heavy atom. The van der Waals surface area contributed by atoms with Crippen LogP contribution < -0.4 is 10.7 Å². The lowest BCUT2D eigenvalue weighted by Gasteiger charge is -2.36. The first-order valence-electron chi connectivity index (χ1n) is 9.71. The van der Waals surface area contributed by atoms with Gasteiger partial charge in [-0.2, -0.15) is 5.10 Å². The van der Waals surface area contributed by atoms with E-state index in [2.05, 4.69) is 22.4 Å². The van der Waals surface area contributed by atoms with E-state index in [4.69, 9.17) is 0 Å². The predicted octanol–water partition coefficient (Wildman–Crippen LogP) is 2.72. The van der Waals surface area contributed by atoms with Gasteiger partial charge in [-0.15, -0.1) is 12.4 Å². The molecule has 2 saturated heterocycles. The van der Waals surface area contributed by atoms with E-state index in [1.54, 1.807) is 10.7 Å². The molecule has 28 heavy (non-hydrogen) atoms. The van der Waals surface area contributed by atoms with E-state index in [0.717, 1.165) is 32.1 Å². The van der Waals surface area contributed by atoms with Crippen LogP contribution in [0.15, 0.2) is 23.0 Å². The zero-order valence-electron chi connectivity index (χ0n) is 16.2. The summed E-state index contributed by atoms with van der Waals surface area (Å²) in [5.74, 6) is -0.947. The molecule has 0 aliphatic carbocycles. The lowest BCUT2D eigenvalue weighted by Crippen LogP contribution is -2.49. The molecule has 0 saturated carbocycles. The number of fused-ring (bicyclic) bond motifs is 3. The maximum Gasteiger partial charge on any atom is 0.276 e. The van der Waals surface area contributed by atoms with Crippen LogP contribution in [-0.4, -0.2) is 45.8 Å². The second-order valence-corrected chi connectivity index (χ2v) is 7.75. The van der Waals surface area contributed by atoms with Gasteiger partial charge >= 0.3 is 0 Å². The van der Waals surface area contributed by atoms with Crippen molar-refractivity contribution in [3.05, 3.63) is 39.9 Å². The highest BCUT2D eigenvalue weighted by molar-refractivity contribution is 5.95. The number of amides is 1. The zero-order chi connectivity index (χ0) is 19.1.